The van der Waals surface area contributed by atoms with Crippen LogP contribution in [0.15, 0.2) is 47.4 Å². The molecule has 0 saturated heterocycles. The number of anilines is 2. The molecule has 0 unspecified atom stereocenters. The van der Waals surface area contributed by atoms with Gasteiger partial charge in [-0.15, -0.1) is 0 Å². The van der Waals surface area contributed by atoms with Crippen molar-refractivity contribution in [3.8, 4) is 16.2 Å². The van der Waals surface area contributed by atoms with Gasteiger partial charge in [0, 0.05) is 12.2 Å². The zero-order valence-corrected chi connectivity index (χ0v) is 19.0. The average molecular weight is 461 g/mol. The zero-order chi connectivity index (χ0) is 22.6. The van der Waals surface area contributed by atoms with E-state index in [1.807, 2.05) is 19.9 Å². The number of rotatable bonds is 7. The van der Waals surface area contributed by atoms with Crippen LogP contribution in [-0.4, -0.2) is 31.1 Å². The van der Waals surface area contributed by atoms with Gasteiger partial charge in [-0.25, -0.2) is 18.2 Å². The number of amides is 2. The molecule has 10 heteroatoms. The lowest BCUT2D eigenvalue weighted by atomic mass is 10.1. The van der Waals surface area contributed by atoms with Crippen molar-refractivity contribution < 1.29 is 18.3 Å². The Morgan fingerprint density at radius 3 is 2.52 bits per heavy atom. The molecule has 2 aromatic carbocycles. The summed E-state index contributed by atoms with van der Waals surface area (Å²) in [5.74, 6) is 0.0505. The summed E-state index contributed by atoms with van der Waals surface area (Å²) in [5.41, 5.74) is 2.32. The second-order valence-electron chi connectivity index (χ2n) is 6.95. The van der Waals surface area contributed by atoms with Crippen LogP contribution in [0.4, 0.5) is 15.6 Å². The molecule has 1 heterocycles. The lowest BCUT2D eigenvalue weighted by Gasteiger charge is -2.12. The van der Waals surface area contributed by atoms with Gasteiger partial charge in [-0.3, -0.25) is 10.0 Å². The van der Waals surface area contributed by atoms with Crippen LogP contribution < -0.4 is 15.4 Å². The third kappa shape index (κ3) is 5.53. The minimum absolute atomic E-state index is 0.0505. The minimum atomic E-state index is -3.85. The molecule has 164 valence electrons. The third-order valence-corrected chi connectivity index (χ3v) is 7.06. The van der Waals surface area contributed by atoms with Gasteiger partial charge in [0.25, 0.3) is 10.0 Å². The van der Waals surface area contributed by atoms with Crippen molar-refractivity contribution in [2.75, 3.05) is 16.6 Å². The number of nitrogens with zero attached hydrogens (tertiary/aromatic N) is 1. The topological polar surface area (TPSA) is 120 Å². The number of benzene rings is 2. The first-order valence-corrected chi connectivity index (χ1v) is 11.9. The number of aryl methyl sites for hydroxylation is 2. The Hall–Kier alpha value is -3.11. The third-order valence-electron chi connectivity index (χ3n) is 4.41. The maximum Gasteiger partial charge on any atom is 0.321 e. The van der Waals surface area contributed by atoms with E-state index in [2.05, 4.69) is 20.3 Å². The predicted octanol–water partition coefficient (Wildman–Crippen LogP) is 4.46. The number of phenols is 1. The number of carbonyl (C=O) groups is 1. The van der Waals surface area contributed by atoms with Crippen molar-refractivity contribution in [1.82, 2.24) is 10.3 Å². The summed E-state index contributed by atoms with van der Waals surface area (Å²) < 4.78 is 28.5. The molecule has 0 aliphatic rings. The van der Waals surface area contributed by atoms with E-state index in [0.29, 0.717) is 34.2 Å². The lowest BCUT2D eigenvalue weighted by molar-refractivity contribution is 0.252. The Balaban J connectivity index is 1.89. The van der Waals surface area contributed by atoms with Gasteiger partial charge in [0.05, 0.1) is 15.5 Å². The van der Waals surface area contributed by atoms with Gasteiger partial charge in [0.15, 0.2) is 5.13 Å². The molecule has 0 bridgehead atoms. The van der Waals surface area contributed by atoms with E-state index in [0.717, 1.165) is 11.3 Å². The van der Waals surface area contributed by atoms with E-state index in [-0.39, 0.29) is 16.7 Å². The summed E-state index contributed by atoms with van der Waals surface area (Å²) in [6, 6.07) is 10.6. The molecular formula is C21H24N4O4S2. The monoisotopic (exact) mass is 460 g/mol. The molecule has 0 fully saturated rings. The molecule has 1 aromatic heterocycles. The molecule has 0 saturated carbocycles. The molecule has 3 rings (SSSR count). The van der Waals surface area contributed by atoms with E-state index >= 15 is 0 Å². The Bertz CT molecular complexity index is 1190. The van der Waals surface area contributed by atoms with Crippen molar-refractivity contribution in [2.45, 2.75) is 32.1 Å². The van der Waals surface area contributed by atoms with Crippen LogP contribution in [0.5, 0.6) is 5.75 Å². The number of aromatic hydroxyl groups is 1. The van der Waals surface area contributed by atoms with Crippen LogP contribution in [0.1, 0.15) is 24.6 Å². The predicted molar refractivity (Wildman–Crippen MR) is 123 cm³/mol. The maximum absolute atomic E-state index is 13.0. The second-order valence-corrected chi connectivity index (χ2v) is 9.60. The highest BCUT2D eigenvalue weighted by molar-refractivity contribution is 7.92. The summed E-state index contributed by atoms with van der Waals surface area (Å²) in [4.78, 5) is 17.2. The largest absolute Gasteiger partial charge is 0.508 e. The van der Waals surface area contributed by atoms with Gasteiger partial charge in [-0.2, -0.15) is 0 Å². The summed E-state index contributed by atoms with van der Waals surface area (Å²) in [6.45, 7) is 6.06. The number of nitrogens with one attached hydrogen (secondary N) is 3. The zero-order valence-electron chi connectivity index (χ0n) is 17.4. The Labute approximate surface area is 185 Å². The number of hydrogen-bond donors (Lipinski definition) is 4. The molecule has 8 nitrogen and oxygen atoms in total. The molecule has 0 spiro atoms. The van der Waals surface area contributed by atoms with Crippen LogP contribution >= 0.6 is 11.3 Å². The van der Waals surface area contributed by atoms with Crippen molar-refractivity contribution in [3.63, 3.8) is 0 Å². The van der Waals surface area contributed by atoms with Gasteiger partial charge < -0.3 is 10.4 Å². The highest BCUT2D eigenvalue weighted by Gasteiger charge is 2.20. The molecule has 3 aromatic rings. The summed E-state index contributed by atoms with van der Waals surface area (Å²) in [7, 11) is -3.85. The van der Waals surface area contributed by atoms with E-state index < -0.39 is 10.0 Å². The van der Waals surface area contributed by atoms with Crippen LogP contribution in [0.2, 0.25) is 0 Å². The van der Waals surface area contributed by atoms with Crippen molar-refractivity contribution >= 4 is 38.2 Å². The fourth-order valence-corrected chi connectivity index (χ4v) is 5.16. The Kier molecular flexibility index (Phi) is 6.81. The van der Waals surface area contributed by atoms with Crippen LogP contribution in [0.25, 0.3) is 10.4 Å². The van der Waals surface area contributed by atoms with Crippen LogP contribution in [-0.2, 0) is 10.0 Å². The summed E-state index contributed by atoms with van der Waals surface area (Å²) >= 11 is 1.28. The second kappa shape index (κ2) is 9.36. The molecule has 0 atom stereocenters. The first-order valence-electron chi connectivity index (χ1n) is 9.64. The normalized spacial score (nSPS) is 11.2. The van der Waals surface area contributed by atoms with E-state index in [1.54, 1.807) is 19.1 Å². The van der Waals surface area contributed by atoms with Gasteiger partial charge in [0.2, 0.25) is 0 Å². The highest BCUT2D eigenvalue weighted by atomic mass is 32.2. The molecule has 0 radical (unpaired) electrons. The SMILES string of the molecule is CCCNC(=O)Nc1nc(C)c(-c2ccc(C)c(S(=O)(=O)Nc3ccc(O)cc3)c2)s1. The van der Waals surface area contributed by atoms with E-state index in [1.165, 1.54) is 35.6 Å². The standard InChI is InChI=1S/C21H24N4O4S2/c1-4-11-22-20(27)24-21-23-14(3)19(30-21)15-6-5-13(2)18(12-15)31(28,29)25-16-7-9-17(26)10-8-16/h5-10,12,25-26H,4,11H2,1-3H3,(H2,22,23,24,27). The first-order chi connectivity index (χ1) is 14.7. The molecule has 0 aliphatic heterocycles. The number of urea groups is 1. The number of aromatic nitrogens is 1. The fourth-order valence-electron chi connectivity index (χ4n) is 2.87. The van der Waals surface area contributed by atoms with Crippen LogP contribution in [0, 0.1) is 13.8 Å². The maximum atomic E-state index is 13.0. The van der Waals surface area contributed by atoms with Gasteiger partial charge in [0.1, 0.15) is 5.75 Å². The molecule has 0 aliphatic carbocycles. The number of sulfonamides is 1. The summed E-state index contributed by atoms with van der Waals surface area (Å²) in [5, 5.41) is 15.3. The number of thiazole rings is 1. The average Bonchev–Trinajstić information content (AvgIpc) is 3.08. The van der Waals surface area contributed by atoms with Crippen molar-refractivity contribution in [1.29, 1.82) is 0 Å². The van der Waals surface area contributed by atoms with Crippen LogP contribution in [0.3, 0.4) is 0 Å². The number of hydrogen-bond acceptors (Lipinski definition) is 6. The van der Waals surface area contributed by atoms with Gasteiger partial charge in [-0.1, -0.05) is 30.4 Å². The highest BCUT2D eigenvalue weighted by Crippen LogP contribution is 2.35. The molecular weight excluding hydrogens is 436 g/mol. The number of phenolic OH excluding ortho intramolecular Hbond substituents is 1. The smallest absolute Gasteiger partial charge is 0.321 e. The summed E-state index contributed by atoms with van der Waals surface area (Å²) in [6.07, 6.45) is 0.828. The Morgan fingerprint density at radius 2 is 1.84 bits per heavy atom. The van der Waals surface area contributed by atoms with E-state index in [4.69, 9.17) is 0 Å². The fraction of sp³-hybridized carbons (Fsp3) is 0.238. The van der Waals surface area contributed by atoms with Gasteiger partial charge >= 0.3 is 6.03 Å². The molecule has 2 amide bonds. The molecule has 31 heavy (non-hydrogen) atoms. The van der Waals surface area contributed by atoms with E-state index in [9.17, 15) is 18.3 Å². The Morgan fingerprint density at radius 1 is 1.13 bits per heavy atom. The lowest BCUT2D eigenvalue weighted by Crippen LogP contribution is -2.29. The first kappa shape index (κ1) is 22.6. The molecule has 4 N–H and O–H groups in total. The number of carbonyl (C=O) groups excluding carboxylic acids is 1. The van der Waals surface area contributed by atoms with Gasteiger partial charge in [-0.05, 0) is 61.7 Å². The van der Waals surface area contributed by atoms with Crippen molar-refractivity contribution in [3.05, 3.63) is 53.7 Å². The van der Waals surface area contributed by atoms with Crippen molar-refractivity contribution in [2.24, 2.45) is 0 Å². The minimum Gasteiger partial charge on any atom is -0.508 e. The quantitative estimate of drug-likeness (QED) is 0.388.